The number of carbonyl (C=O) groups excluding carboxylic acids is 1. The van der Waals surface area contributed by atoms with Crippen molar-refractivity contribution in [3.05, 3.63) is 24.0 Å². The molecule has 1 N–H and O–H groups in total. The molecule has 1 aliphatic heterocycles. The Morgan fingerprint density at radius 1 is 1.42 bits per heavy atom. The zero-order valence-corrected chi connectivity index (χ0v) is 14.0. The van der Waals surface area contributed by atoms with E-state index >= 15 is 0 Å². The van der Waals surface area contributed by atoms with E-state index in [1.165, 1.54) is 0 Å². The number of hydrogen-bond acceptors (Lipinski definition) is 5. The van der Waals surface area contributed by atoms with E-state index in [1.54, 1.807) is 4.68 Å². The van der Waals surface area contributed by atoms with Crippen molar-refractivity contribution < 1.29 is 4.79 Å². The minimum absolute atomic E-state index is 0.0570. The van der Waals surface area contributed by atoms with Crippen molar-refractivity contribution in [1.29, 1.82) is 0 Å². The smallest absolute Gasteiger partial charge is 0.230 e. The molecule has 1 atom stereocenters. The van der Waals surface area contributed by atoms with E-state index in [-0.39, 0.29) is 17.2 Å². The molecule has 0 unspecified atom stereocenters. The molecule has 0 spiro atoms. The van der Waals surface area contributed by atoms with Crippen LogP contribution in [0, 0.1) is 12.3 Å². The van der Waals surface area contributed by atoms with Gasteiger partial charge in [-0.1, -0.05) is 6.42 Å². The van der Waals surface area contributed by atoms with Crippen LogP contribution in [0.4, 0.5) is 0 Å². The summed E-state index contributed by atoms with van der Waals surface area (Å²) in [5.74, 6) is 1.56. The third-order valence-electron chi connectivity index (χ3n) is 5.32. The standard InChI is InChI=1S/C16H23N7O/c1-12-17-7-9-22(12)11-16(5-6-16)10-18-15(24)13-4-2-3-8-23-14(13)19-20-21-23/h7,9,13H,2-6,8,10-11H2,1H3,(H,18,24)/t13-/m0/s1. The maximum atomic E-state index is 12.7. The number of imidazole rings is 1. The van der Waals surface area contributed by atoms with Crippen LogP contribution >= 0.6 is 0 Å². The molecule has 3 heterocycles. The highest BCUT2D eigenvalue weighted by atomic mass is 16.2. The Balaban J connectivity index is 1.39. The maximum absolute atomic E-state index is 12.7. The molecule has 0 saturated heterocycles. The van der Waals surface area contributed by atoms with Gasteiger partial charge in [-0.2, -0.15) is 0 Å². The molecule has 0 bridgehead atoms. The molecule has 2 aromatic heterocycles. The quantitative estimate of drug-likeness (QED) is 0.885. The molecule has 24 heavy (non-hydrogen) atoms. The van der Waals surface area contributed by atoms with E-state index in [1.807, 2.05) is 19.3 Å². The Bertz CT molecular complexity index is 730. The highest BCUT2D eigenvalue weighted by Crippen LogP contribution is 2.46. The third kappa shape index (κ3) is 2.92. The number of aromatic nitrogens is 6. The van der Waals surface area contributed by atoms with Gasteiger partial charge in [-0.25, -0.2) is 9.67 Å². The van der Waals surface area contributed by atoms with E-state index in [0.717, 1.165) is 51.0 Å². The fraction of sp³-hybridized carbons (Fsp3) is 0.688. The summed E-state index contributed by atoms with van der Waals surface area (Å²) in [6, 6.07) is 0. The lowest BCUT2D eigenvalue weighted by Crippen LogP contribution is -2.36. The summed E-state index contributed by atoms with van der Waals surface area (Å²) in [7, 11) is 0. The molecule has 128 valence electrons. The molecular formula is C16H23N7O. The number of carbonyl (C=O) groups is 1. The lowest BCUT2D eigenvalue weighted by molar-refractivity contribution is -0.123. The first-order valence-corrected chi connectivity index (χ1v) is 8.68. The molecule has 8 heteroatoms. The summed E-state index contributed by atoms with van der Waals surface area (Å²) < 4.78 is 3.95. The molecule has 2 aromatic rings. The van der Waals surface area contributed by atoms with Crippen molar-refractivity contribution in [2.75, 3.05) is 6.54 Å². The third-order valence-corrected chi connectivity index (χ3v) is 5.32. The van der Waals surface area contributed by atoms with E-state index in [2.05, 4.69) is 30.4 Å². The van der Waals surface area contributed by atoms with Crippen LogP contribution in [-0.4, -0.2) is 42.2 Å². The summed E-state index contributed by atoms with van der Waals surface area (Å²) in [4.78, 5) is 17.0. The zero-order chi connectivity index (χ0) is 16.6. The Hall–Kier alpha value is -2.25. The molecular weight excluding hydrogens is 306 g/mol. The minimum atomic E-state index is -0.228. The predicted octanol–water partition coefficient (Wildman–Crippen LogP) is 1.04. The van der Waals surface area contributed by atoms with Crippen LogP contribution in [0.25, 0.3) is 0 Å². The fourth-order valence-corrected chi connectivity index (χ4v) is 3.51. The SMILES string of the molecule is Cc1nccn1CC1(CNC(=O)[C@H]2CCCCn3nnnc32)CC1. The van der Waals surface area contributed by atoms with Crippen LogP contribution in [0.5, 0.6) is 0 Å². The number of fused-ring (bicyclic) bond motifs is 1. The fourth-order valence-electron chi connectivity index (χ4n) is 3.51. The molecule has 0 aromatic carbocycles. The topological polar surface area (TPSA) is 90.5 Å². The van der Waals surface area contributed by atoms with Gasteiger partial charge in [0, 0.05) is 37.4 Å². The van der Waals surface area contributed by atoms with Crippen molar-refractivity contribution in [2.24, 2.45) is 5.41 Å². The van der Waals surface area contributed by atoms with Crippen molar-refractivity contribution in [3.8, 4) is 0 Å². The molecule has 0 radical (unpaired) electrons. The van der Waals surface area contributed by atoms with Gasteiger partial charge < -0.3 is 9.88 Å². The van der Waals surface area contributed by atoms with E-state index < -0.39 is 0 Å². The number of aryl methyl sites for hydroxylation is 2. The first kappa shape index (κ1) is 15.3. The van der Waals surface area contributed by atoms with Gasteiger partial charge in [0.1, 0.15) is 5.82 Å². The van der Waals surface area contributed by atoms with Gasteiger partial charge >= 0.3 is 0 Å². The molecule has 2 aliphatic rings. The van der Waals surface area contributed by atoms with Crippen LogP contribution in [0.2, 0.25) is 0 Å². The number of tetrazole rings is 1. The number of rotatable bonds is 5. The van der Waals surface area contributed by atoms with Crippen LogP contribution in [-0.2, 0) is 17.9 Å². The summed E-state index contributed by atoms with van der Waals surface area (Å²) in [6.45, 7) is 4.44. The number of nitrogens with zero attached hydrogens (tertiary/aromatic N) is 6. The highest BCUT2D eigenvalue weighted by Gasteiger charge is 2.43. The molecule has 1 saturated carbocycles. The second-order valence-corrected chi connectivity index (χ2v) is 7.13. The first-order chi connectivity index (χ1) is 11.7. The Labute approximate surface area is 140 Å². The molecule has 1 fully saturated rings. The lowest BCUT2D eigenvalue weighted by Gasteiger charge is -2.20. The monoisotopic (exact) mass is 329 g/mol. The summed E-state index contributed by atoms with van der Waals surface area (Å²) >= 11 is 0. The van der Waals surface area contributed by atoms with Gasteiger partial charge in [-0.15, -0.1) is 5.10 Å². The average Bonchev–Trinajstić information content (AvgIpc) is 3.09. The number of amides is 1. The van der Waals surface area contributed by atoms with Crippen LogP contribution in [0.3, 0.4) is 0 Å². The van der Waals surface area contributed by atoms with Gasteiger partial charge in [-0.05, 0) is 43.0 Å². The summed E-state index contributed by atoms with van der Waals surface area (Å²) in [5, 5.41) is 15.0. The Kier molecular flexibility index (Phi) is 3.82. The lowest BCUT2D eigenvalue weighted by atomic mass is 10.0. The number of hydrogen-bond donors (Lipinski definition) is 1. The highest BCUT2D eigenvalue weighted by molar-refractivity contribution is 5.82. The maximum Gasteiger partial charge on any atom is 0.230 e. The minimum Gasteiger partial charge on any atom is -0.355 e. The first-order valence-electron chi connectivity index (χ1n) is 8.68. The summed E-state index contributed by atoms with van der Waals surface area (Å²) in [6.07, 6.45) is 8.99. The molecule has 4 rings (SSSR count). The van der Waals surface area contributed by atoms with Crippen LogP contribution in [0.1, 0.15) is 49.7 Å². The van der Waals surface area contributed by atoms with E-state index in [9.17, 15) is 4.79 Å². The molecule has 8 nitrogen and oxygen atoms in total. The molecule has 1 aliphatic carbocycles. The largest absolute Gasteiger partial charge is 0.355 e. The van der Waals surface area contributed by atoms with Gasteiger partial charge in [0.2, 0.25) is 5.91 Å². The van der Waals surface area contributed by atoms with Crippen molar-refractivity contribution in [2.45, 2.75) is 58.0 Å². The van der Waals surface area contributed by atoms with Gasteiger partial charge in [0.15, 0.2) is 5.82 Å². The van der Waals surface area contributed by atoms with Gasteiger partial charge in [0.25, 0.3) is 0 Å². The van der Waals surface area contributed by atoms with Gasteiger partial charge in [-0.3, -0.25) is 4.79 Å². The van der Waals surface area contributed by atoms with Crippen LogP contribution < -0.4 is 5.32 Å². The van der Waals surface area contributed by atoms with Gasteiger partial charge in [0.05, 0.1) is 5.92 Å². The van der Waals surface area contributed by atoms with Crippen molar-refractivity contribution in [3.63, 3.8) is 0 Å². The zero-order valence-electron chi connectivity index (χ0n) is 14.0. The van der Waals surface area contributed by atoms with E-state index in [4.69, 9.17) is 0 Å². The molecule has 1 amide bonds. The van der Waals surface area contributed by atoms with Crippen molar-refractivity contribution in [1.82, 2.24) is 35.1 Å². The Morgan fingerprint density at radius 2 is 2.29 bits per heavy atom. The second-order valence-electron chi connectivity index (χ2n) is 7.13. The normalized spacial score (nSPS) is 21.8. The second kappa shape index (κ2) is 5.99. The number of nitrogens with one attached hydrogen (secondary N) is 1. The average molecular weight is 329 g/mol. The van der Waals surface area contributed by atoms with E-state index in [0.29, 0.717) is 12.4 Å². The van der Waals surface area contributed by atoms with Crippen LogP contribution in [0.15, 0.2) is 12.4 Å². The van der Waals surface area contributed by atoms with Crippen molar-refractivity contribution >= 4 is 5.91 Å². The summed E-state index contributed by atoms with van der Waals surface area (Å²) in [5.41, 5.74) is 0.178. The Morgan fingerprint density at radius 3 is 3.04 bits per heavy atom. The predicted molar refractivity (Wildman–Crippen MR) is 86.0 cm³/mol.